The van der Waals surface area contributed by atoms with Crippen LogP contribution in [0.15, 0.2) is 65.0 Å². The minimum Gasteiger partial charge on any atom is -0.296 e. The second-order valence-electron chi connectivity index (χ2n) is 6.94. The molecule has 5 rings (SSSR count). The van der Waals surface area contributed by atoms with Crippen LogP contribution in [0.2, 0.25) is 0 Å². The molecular formula is C20H18N2O2S2. The van der Waals surface area contributed by atoms with Crippen molar-refractivity contribution in [3.8, 4) is 10.4 Å². The summed E-state index contributed by atoms with van der Waals surface area (Å²) in [5.41, 5.74) is 3.08. The number of likely N-dealkylation sites (tertiary alicyclic amines) is 1. The van der Waals surface area contributed by atoms with Gasteiger partial charge < -0.3 is 0 Å². The van der Waals surface area contributed by atoms with Gasteiger partial charge in [-0.2, -0.15) is 0 Å². The molecule has 0 aliphatic carbocycles. The Morgan fingerprint density at radius 1 is 1.12 bits per heavy atom. The highest BCUT2D eigenvalue weighted by atomic mass is 32.2. The highest BCUT2D eigenvalue weighted by Crippen LogP contribution is 2.46. The molecule has 0 saturated carbocycles. The molecule has 1 fully saturated rings. The molecule has 1 aromatic carbocycles. The maximum atomic E-state index is 13.0. The lowest BCUT2D eigenvalue weighted by Crippen LogP contribution is -2.26. The summed E-state index contributed by atoms with van der Waals surface area (Å²) in [4.78, 5) is 8.30. The molecule has 2 aromatic heterocycles. The van der Waals surface area contributed by atoms with Crippen molar-refractivity contribution in [2.24, 2.45) is 0 Å². The quantitative estimate of drug-likeness (QED) is 0.695. The van der Waals surface area contributed by atoms with Crippen molar-refractivity contribution in [1.29, 1.82) is 0 Å². The van der Waals surface area contributed by atoms with Crippen molar-refractivity contribution in [2.75, 3.05) is 13.1 Å². The zero-order chi connectivity index (χ0) is 17.7. The lowest BCUT2D eigenvalue weighted by molar-refractivity contribution is 0.321. The van der Waals surface area contributed by atoms with E-state index in [0.717, 1.165) is 23.4 Å². The molecule has 0 N–H and O–H groups in total. The first-order chi connectivity index (χ1) is 12.6. The van der Waals surface area contributed by atoms with E-state index in [9.17, 15) is 8.42 Å². The number of sulfone groups is 1. The molecule has 2 aliphatic heterocycles. The molecule has 0 spiro atoms. The van der Waals surface area contributed by atoms with Crippen LogP contribution in [0.5, 0.6) is 0 Å². The van der Waals surface area contributed by atoms with Gasteiger partial charge in [0, 0.05) is 36.6 Å². The predicted octanol–water partition coefficient (Wildman–Crippen LogP) is 3.57. The summed E-state index contributed by atoms with van der Waals surface area (Å²) in [6.45, 7) is 2.04. The van der Waals surface area contributed by atoms with Gasteiger partial charge in [0.2, 0.25) is 0 Å². The van der Waals surface area contributed by atoms with Crippen LogP contribution in [0.25, 0.3) is 10.4 Å². The summed E-state index contributed by atoms with van der Waals surface area (Å²) >= 11 is 1.68. The van der Waals surface area contributed by atoms with Gasteiger partial charge in [-0.25, -0.2) is 8.42 Å². The zero-order valence-corrected chi connectivity index (χ0v) is 15.7. The molecule has 4 heterocycles. The Kier molecular flexibility index (Phi) is 3.74. The van der Waals surface area contributed by atoms with Crippen molar-refractivity contribution in [1.82, 2.24) is 9.88 Å². The lowest BCUT2D eigenvalue weighted by Gasteiger charge is -2.17. The minimum absolute atomic E-state index is 0.0543. The monoisotopic (exact) mass is 382 g/mol. The zero-order valence-electron chi connectivity index (χ0n) is 14.1. The van der Waals surface area contributed by atoms with Crippen molar-refractivity contribution in [3.05, 3.63) is 71.4 Å². The highest BCUT2D eigenvalue weighted by Gasteiger charge is 2.50. The van der Waals surface area contributed by atoms with Crippen LogP contribution in [0, 0.1) is 0 Å². The summed E-state index contributed by atoms with van der Waals surface area (Å²) in [6.07, 6.45) is 1.78. The first-order valence-corrected chi connectivity index (χ1v) is 11.1. The van der Waals surface area contributed by atoms with Crippen molar-refractivity contribution < 1.29 is 8.42 Å². The van der Waals surface area contributed by atoms with Gasteiger partial charge in [0.1, 0.15) is 0 Å². The van der Waals surface area contributed by atoms with E-state index in [1.165, 1.54) is 4.88 Å². The van der Waals surface area contributed by atoms with E-state index in [2.05, 4.69) is 22.0 Å². The normalized spacial score (nSPS) is 23.7. The molecule has 1 saturated heterocycles. The van der Waals surface area contributed by atoms with Crippen LogP contribution in [-0.4, -0.2) is 36.6 Å². The summed E-state index contributed by atoms with van der Waals surface area (Å²) in [5, 5.41) is 1.71. The fourth-order valence-electron chi connectivity index (χ4n) is 4.17. The van der Waals surface area contributed by atoms with Gasteiger partial charge in [0.15, 0.2) is 9.84 Å². The Balaban J connectivity index is 1.49. The Labute approximate surface area is 157 Å². The van der Waals surface area contributed by atoms with E-state index in [0.29, 0.717) is 18.0 Å². The smallest absolute Gasteiger partial charge is 0.183 e. The van der Waals surface area contributed by atoms with Gasteiger partial charge in [0.05, 0.1) is 15.8 Å². The van der Waals surface area contributed by atoms with E-state index < -0.39 is 9.84 Å². The second-order valence-corrected chi connectivity index (χ2v) is 10.0. The van der Waals surface area contributed by atoms with Gasteiger partial charge in [-0.05, 0) is 46.8 Å². The number of aromatic nitrogens is 1. The summed E-state index contributed by atoms with van der Waals surface area (Å²) in [7, 11) is -3.25. The minimum atomic E-state index is -3.25. The first-order valence-electron chi connectivity index (χ1n) is 8.67. The highest BCUT2D eigenvalue weighted by molar-refractivity contribution is 7.92. The van der Waals surface area contributed by atoms with E-state index in [-0.39, 0.29) is 11.2 Å². The fraction of sp³-hybridized carbons (Fsp3) is 0.250. The number of rotatable bonds is 3. The molecule has 132 valence electrons. The lowest BCUT2D eigenvalue weighted by atomic mass is 9.96. The maximum Gasteiger partial charge on any atom is 0.183 e. The number of benzene rings is 1. The third-order valence-electron chi connectivity index (χ3n) is 5.37. The number of nitrogens with zero attached hydrogens (tertiary/aromatic N) is 2. The third kappa shape index (κ3) is 2.52. The summed E-state index contributed by atoms with van der Waals surface area (Å²) in [5.74, 6) is 0.0543. The third-order valence-corrected chi connectivity index (χ3v) is 8.55. The van der Waals surface area contributed by atoms with E-state index in [1.807, 2.05) is 35.7 Å². The van der Waals surface area contributed by atoms with Gasteiger partial charge >= 0.3 is 0 Å². The molecule has 0 amide bonds. The average Bonchev–Trinajstić information content (AvgIpc) is 3.35. The van der Waals surface area contributed by atoms with Crippen LogP contribution >= 0.6 is 11.3 Å². The Morgan fingerprint density at radius 3 is 2.81 bits per heavy atom. The van der Waals surface area contributed by atoms with Crippen LogP contribution < -0.4 is 0 Å². The van der Waals surface area contributed by atoms with Gasteiger partial charge in [-0.3, -0.25) is 9.88 Å². The van der Waals surface area contributed by atoms with Crippen molar-refractivity contribution in [3.63, 3.8) is 0 Å². The summed E-state index contributed by atoms with van der Waals surface area (Å²) < 4.78 is 26.0. The number of fused-ring (bicyclic) bond motifs is 3. The van der Waals surface area contributed by atoms with Crippen molar-refractivity contribution >= 4 is 21.2 Å². The molecule has 3 aromatic rings. The van der Waals surface area contributed by atoms with Crippen LogP contribution in [0.1, 0.15) is 17.2 Å². The summed E-state index contributed by atoms with van der Waals surface area (Å²) in [6, 6.07) is 15.8. The predicted molar refractivity (Wildman–Crippen MR) is 103 cm³/mol. The van der Waals surface area contributed by atoms with Crippen LogP contribution in [0.3, 0.4) is 0 Å². The van der Waals surface area contributed by atoms with Crippen LogP contribution in [-0.2, 0) is 16.4 Å². The van der Waals surface area contributed by atoms with Crippen molar-refractivity contribution in [2.45, 2.75) is 22.6 Å². The van der Waals surface area contributed by atoms with Gasteiger partial charge in [-0.15, -0.1) is 11.3 Å². The molecule has 26 heavy (non-hydrogen) atoms. The standard InChI is InChI=1S/C20H18N2O2S2/c23-26(24)19-7-6-14(18-5-3-9-25-18)10-16(19)17-12-22(13-20(17)26)11-15-4-1-2-8-21-15/h1-10,17,20H,11-13H2. The van der Waals surface area contributed by atoms with Gasteiger partial charge in [-0.1, -0.05) is 18.2 Å². The number of pyridine rings is 1. The fourth-order valence-corrected chi connectivity index (χ4v) is 7.09. The molecule has 2 aliphatic rings. The second kappa shape index (κ2) is 6.01. The molecule has 0 bridgehead atoms. The molecule has 2 atom stereocenters. The number of hydrogen-bond donors (Lipinski definition) is 0. The number of thiophene rings is 1. The average molecular weight is 383 g/mol. The molecule has 4 nitrogen and oxygen atoms in total. The van der Waals surface area contributed by atoms with E-state index in [4.69, 9.17) is 0 Å². The molecule has 6 heteroatoms. The largest absolute Gasteiger partial charge is 0.296 e. The van der Waals surface area contributed by atoms with Gasteiger partial charge in [0.25, 0.3) is 0 Å². The molecule has 0 radical (unpaired) electrons. The number of hydrogen-bond acceptors (Lipinski definition) is 5. The van der Waals surface area contributed by atoms with E-state index >= 15 is 0 Å². The first kappa shape index (κ1) is 16.2. The maximum absolute atomic E-state index is 13.0. The molecule has 2 unspecified atom stereocenters. The van der Waals surface area contributed by atoms with Crippen LogP contribution in [0.4, 0.5) is 0 Å². The van der Waals surface area contributed by atoms with E-state index in [1.54, 1.807) is 23.6 Å². The molecular weight excluding hydrogens is 364 g/mol. The Morgan fingerprint density at radius 2 is 2.04 bits per heavy atom. The SMILES string of the molecule is O=S1(=O)c2ccc(-c3cccs3)cc2C2CN(Cc3ccccn3)CC21. The topological polar surface area (TPSA) is 50.3 Å². The Bertz CT molecular complexity index is 1050. The Hall–Kier alpha value is -2.02.